The van der Waals surface area contributed by atoms with Crippen molar-refractivity contribution in [3.05, 3.63) is 101 Å². The van der Waals surface area contributed by atoms with E-state index in [-0.39, 0.29) is 24.2 Å². The monoisotopic (exact) mass is 448 g/mol. The maximum Gasteiger partial charge on any atom is 0.247 e. The number of carbonyl (C=O) groups excluding carboxylic acids is 2. The molecule has 5 nitrogen and oxygen atoms in total. The Labute approximate surface area is 194 Å². The van der Waals surface area contributed by atoms with E-state index in [1.807, 2.05) is 61.5 Å². The Morgan fingerprint density at radius 2 is 1.58 bits per heavy atom. The first kappa shape index (κ1) is 24.0. The zero-order chi connectivity index (χ0) is 23.6. The molecular formula is C27H29FN2O3. The number of nitrogens with zero attached hydrogens (tertiary/aromatic N) is 1. The Balaban J connectivity index is 1.88. The van der Waals surface area contributed by atoms with E-state index in [1.54, 1.807) is 24.1 Å². The fourth-order valence-electron chi connectivity index (χ4n) is 3.60. The molecule has 0 spiro atoms. The van der Waals surface area contributed by atoms with Gasteiger partial charge in [0.25, 0.3) is 0 Å². The number of benzene rings is 3. The Kier molecular flexibility index (Phi) is 8.58. The predicted molar refractivity (Wildman–Crippen MR) is 126 cm³/mol. The second-order valence-corrected chi connectivity index (χ2v) is 7.78. The smallest absolute Gasteiger partial charge is 0.247 e. The van der Waals surface area contributed by atoms with Crippen LogP contribution in [-0.4, -0.2) is 23.8 Å². The van der Waals surface area contributed by atoms with Gasteiger partial charge in [-0.1, -0.05) is 61.5 Å². The highest BCUT2D eigenvalue weighted by Crippen LogP contribution is 2.25. The van der Waals surface area contributed by atoms with Gasteiger partial charge < -0.3 is 15.0 Å². The number of nitrogens with one attached hydrogen (secondary N) is 1. The minimum Gasteiger partial charge on any atom is -0.497 e. The van der Waals surface area contributed by atoms with Crippen molar-refractivity contribution in [2.24, 2.45) is 0 Å². The molecule has 0 aliphatic heterocycles. The van der Waals surface area contributed by atoms with E-state index in [0.717, 1.165) is 22.4 Å². The summed E-state index contributed by atoms with van der Waals surface area (Å²) in [6.45, 7) is 2.45. The van der Waals surface area contributed by atoms with Crippen molar-refractivity contribution in [1.29, 1.82) is 0 Å². The summed E-state index contributed by atoms with van der Waals surface area (Å²) < 4.78 is 18.6. The Bertz CT molecular complexity index is 1040. The summed E-state index contributed by atoms with van der Waals surface area (Å²) in [6, 6.07) is 21.9. The van der Waals surface area contributed by atoms with Crippen molar-refractivity contribution >= 4 is 11.8 Å². The van der Waals surface area contributed by atoms with Crippen LogP contribution in [0.3, 0.4) is 0 Å². The fourth-order valence-corrected chi connectivity index (χ4v) is 3.60. The van der Waals surface area contributed by atoms with E-state index in [1.165, 1.54) is 12.1 Å². The summed E-state index contributed by atoms with van der Waals surface area (Å²) in [5.74, 6) is -0.0104. The zero-order valence-electron chi connectivity index (χ0n) is 19.0. The second-order valence-electron chi connectivity index (χ2n) is 7.78. The molecule has 33 heavy (non-hydrogen) atoms. The normalized spacial score (nSPS) is 11.5. The molecule has 0 fully saturated rings. The Morgan fingerprint density at radius 3 is 2.18 bits per heavy atom. The summed E-state index contributed by atoms with van der Waals surface area (Å²) in [7, 11) is 1.60. The van der Waals surface area contributed by atoms with Crippen LogP contribution in [0.4, 0.5) is 4.39 Å². The lowest BCUT2D eigenvalue weighted by molar-refractivity contribution is -0.141. The molecule has 3 aromatic rings. The molecule has 1 atom stereocenters. The van der Waals surface area contributed by atoms with Crippen molar-refractivity contribution in [3.63, 3.8) is 0 Å². The van der Waals surface area contributed by atoms with Gasteiger partial charge in [0.15, 0.2) is 0 Å². The van der Waals surface area contributed by atoms with Gasteiger partial charge in [0.1, 0.15) is 17.6 Å². The lowest BCUT2D eigenvalue weighted by atomic mass is 10.0. The lowest BCUT2D eigenvalue weighted by Gasteiger charge is -2.31. The Hall–Kier alpha value is -3.67. The van der Waals surface area contributed by atoms with Crippen LogP contribution in [0.2, 0.25) is 0 Å². The topological polar surface area (TPSA) is 58.6 Å². The zero-order valence-corrected chi connectivity index (χ0v) is 19.0. The summed E-state index contributed by atoms with van der Waals surface area (Å²) in [4.78, 5) is 28.2. The minimum absolute atomic E-state index is 0.129. The highest BCUT2D eigenvalue weighted by atomic mass is 19.1. The van der Waals surface area contributed by atoms with Crippen LogP contribution in [0.5, 0.6) is 5.75 Å². The molecule has 6 heteroatoms. The first-order chi connectivity index (χ1) is 16.0. The SMILES string of the molecule is CCCC(=O)N(Cc1ccc(F)cc1)C(C(=O)NCc1ccc(OC)cc1)c1ccccc1. The van der Waals surface area contributed by atoms with Crippen molar-refractivity contribution in [2.75, 3.05) is 7.11 Å². The van der Waals surface area contributed by atoms with E-state index in [0.29, 0.717) is 19.4 Å². The highest BCUT2D eigenvalue weighted by molar-refractivity contribution is 5.88. The van der Waals surface area contributed by atoms with Gasteiger partial charge in [0, 0.05) is 19.5 Å². The number of hydrogen-bond donors (Lipinski definition) is 1. The molecule has 0 aliphatic carbocycles. The average molecular weight is 449 g/mol. The quantitative estimate of drug-likeness (QED) is 0.474. The van der Waals surface area contributed by atoms with E-state index < -0.39 is 6.04 Å². The van der Waals surface area contributed by atoms with Crippen LogP contribution in [0.1, 0.15) is 42.5 Å². The summed E-state index contributed by atoms with van der Waals surface area (Å²) in [5, 5.41) is 2.97. The number of halogens is 1. The van der Waals surface area contributed by atoms with E-state index in [2.05, 4.69) is 5.32 Å². The summed E-state index contributed by atoms with van der Waals surface area (Å²) >= 11 is 0. The molecule has 3 aromatic carbocycles. The summed E-state index contributed by atoms with van der Waals surface area (Å²) in [5.41, 5.74) is 2.39. The van der Waals surface area contributed by atoms with Gasteiger partial charge in [-0.05, 0) is 47.4 Å². The molecule has 0 bridgehead atoms. The van der Waals surface area contributed by atoms with Gasteiger partial charge in [-0.3, -0.25) is 9.59 Å². The predicted octanol–water partition coefficient (Wildman–Crippen LogP) is 5.02. The van der Waals surface area contributed by atoms with Crippen LogP contribution in [-0.2, 0) is 22.7 Å². The standard InChI is InChI=1S/C27H29FN2O3/c1-3-7-25(31)30(19-21-10-14-23(28)15-11-21)26(22-8-5-4-6-9-22)27(32)29-18-20-12-16-24(33-2)17-13-20/h4-6,8-17,26H,3,7,18-19H2,1-2H3,(H,29,32). The minimum atomic E-state index is -0.812. The molecule has 0 aromatic heterocycles. The third-order valence-electron chi connectivity index (χ3n) is 5.35. The Morgan fingerprint density at radius 1 is 0.939 bits per heavy atom. The molecule has 1 N–H and O–H groups in total. The molecule has 1 unspecified atom stereocenters. The molecule has 2 amide bonds. The molecule has 0 radical (unpaired) electrons. The van der Waals surface area contributed by atoms with Crippen molar-refractivity contribution < 1.29 is 18.7 Å². The number of amides is 2. The van der Waals surface area contributed by atoms with Crippen molar-refractivity contribution in [3.8, 4) is 5.75 Å². The molecule has 0 saturated heterocycles. The third-order valence-corrected chi connectivity index (χ3v) is 5.35. The van der Waals surface area contributed by atoms with Gasteiger partial charge in [0.05, 0.1) is 7.11 Å². The molecule has 0 aliphatic rings. The number of hydrogen-bond acceptors (Lipinski definition) is 3. The number of methoxy groups -OCH3 is 1. The van der Waals surface area contributed by atoms with Gasteiger partial charge in [-0.15, -0.1) is 0 Å². The van der Waals surface area contributed by atoms with Gasteiger partial charge in [-0.25, -0.2) is 4.39 Å². The fraction of sp³-hybridized carbons (Fsp3) is 0.259. The van der Waals surface area contributed by atoms with Gasteiger partial charge in [0.2, 0.25) is 11.8 Å². The van der Waals surface area contributed by atoms with Crippen LogP contribution < -0.4 is 10.1 Å². The van der Waals surface area contributed by atoms with Crippen molar-refractivity contribution in [1.82, 2.24) is 10.2 Å². The molecular weight excluding hydrogens is 419 g/mol. The molecule has 172 valence electrons. The third kappa shape index (κ3) is 6.65. The van der Waals surface area contributed by atoms with Gasteiger partial charge >= 0.3 is 0 Å². The maximum absolute atomic E-state index is 13.4. The second kappa shape index (κ2) is 11.8. The van der Waals surface area contributed by atoms with Crippen LogP contribution in [0, 0.1) is 5.82 Å². The number of ether oxygens (including phenoxy) is 1. The van der Waals surface area contributed by atoms with E-state index in [9.17, 15) is 14.0 Å². The van der Waals surface area contributed by atoms with Crippen LogP contribution in [0.25, 0.3) is 0 Å². The average Bonchev–Trinajstić information content (AvgIpc) is 2.84. The molecule has 0 heterocycles. The maximum atomic E-state index is 13.4. The first-order valence-electron chi connectivity index (χ1n) is 11.0. The van der Waals surface area contributed by atoms with Crippen LogP contribution >= 0.6 is 0 Å². The van der Waals surface area contributed by atoms with Crippen LogP contribution in [0.15, 0.2) is 78.9 Å². The number of carbonyl (C=O) groups is 2. The highest BCUT2D eigenvalue weighted by Gasteiger charge is 2.31. The lowest BCUT2D eigenvalue weighted by Crippen LogP contribution is -2.43. The van der Waals surface area contributed by atoms with E-state index in [4.69, 9.17) is 4.74 Å². The largest absolute Gasteiger partial charge is 0.497 e. The molecule has 3 rings (SSSR count). The first-order valence-corrected chi connectivity index (χ1v) is 11.0. The van der Waals surface area contributed by atoms with Gasteiger partial charge in [-0.2, -0.15) is 0 Å². The van der Waals surface area contributed by atoms with E-state index >= 15 is 0 Å². The summed E-state index contributed by atoms with van der Waals surface area (Å²) in [6.07, 6.45) is 0.976. The van der Waals surface area contributed by atoms with Crippen molar-refractivity contribution in [2.45, 2.75) is 38.9 Å². The molecule has 0 saturated carbocycles. The number of rotatable bonds is 10.